The summed E-state index contributed by atoms with van der Waals surface area (Å²) in [5.41, 5.74) is 0.772. The summed E-state index contributed by atoms with van der Waals surface area (Å²) in [5.74, 6) is 1.83. The van der Waals surface area contributed by atoms with E-state index >= 15 is 0 Å². The summed E-state index contributed by atoms with van der Waals surface area (Å²) in [6, 6.07) is 9.72. The second-order valence-electron chi connectivity index (χ2n) is 4.83. The molecule has 0 fully saturated rings. The second kappa shape index (κ2) is 9.37. The maximum absolute atomic E-state index is 11.1. The van der Waals surface area contributed by atoms with Crippen molar-refractivity contribution in [3.05, 3.63) is 47.5 Å². The molecule has 0 aliphatic rings. The van der Waals surface area contributed by atoms with Crippen molar-refractivity contribution in [1.82, 2.24) is 0 Å². The standard InChI is InChI=1S/C18H18BO6/c1-3-22-17-7-5-15(9-13(17)11-20)24-19-25-16-6-8-18(23-4-2)14(10-16)12-21/h5-12H,3-4H2,1-2H3. The third kappa shape index (κ3) is 5.01. The second-order valence-corrected chi connectivity index (χ2v) is 4.83. The Hall–Kier alpha value is -2.96. The molecule has 0 saturated carbocycles. The van der Waals surface area contributed by atoms with E-state index in [2.05, 4.69) is 0 Å². The molecule has 2 aromatic rings. The Labute approximate surface area is 147 Å². The van der Waals surface area contributed by atoms with Gasteiger partial charge in [-0.05, 0) is 50.2 Å². The summed E-state index contributed by atoms with van der Waals surface area (Å²) >= 11 is 0. The van der Waals surface area contributed by atoms with Gasteiger partial charge in [0.15, 0.2) is 12.6 Å². The molecule has 2 aromatic carbocycles. The molecule has 0 heterocycles. The molecule has 1 radical (unpaired) electrons. The van der Waals surface area contributed by atoms with E-state index in [4.69, 9.17) is 18.8 Å². The summed E-state index contributed by atoms with van der Waals surface area (Å²) in [5, 5.41) is 0. The van der Waals surface area contributed by atoms with E-state index in [0.717, 1.165) is 7.69 Å². The van der Waals surface area contributed by atoms with Gasteiger partial charge in [0, 0.05) is 0 Å². The lowest BCUT2D eigenvalue weighted by atomic mass is 10.2. The Morgan fingerprint density at radius 3 is 1.60 bits per heavy atom. The van der Waals surface area contributed by atoms with Crippen molar-refractivity contribution < 1.29 is 28.4 Å². The number of ether oxygens (including phenoxy) is 2. The molecule has 7 heteroatoms. The van der Waals surface area contributed by atoms with Gasteiger partial charge < -0.3 is 18.8 Å². The Kier molecular flexibility index (Phi) is 6.89. The third-order valence-corrected chi connectivity index (χ3v) is 3.18. The lowest BCUT2D eigenvalue weighted by Gasteiger charge is -2.11. The lowest BCUT2D eigenvalue weighted by Crippen LogP contribution is -2.11. The van der Waals surface area contributed by atoms with Gasteiger partial charge in [-0.15, -0.1) is 0 Å². The molecule has 0 amide bonds. The van der Waals surface area contributed by atoms with E-state index in [0.29, 0.717) is 59.9 Å². The molecule has 2 rings (SSSR count). The van der Waals surface area contributed by atoms with Crippen LogP contribution in [-0.4, -0.2) is 33.5 Å². The van der Waals surface area contributed by atoms with E-state index in [1.807, 2.05) is 13.8 Å². The van der Waals surface area contributed by atoms with Crippen LogP contribution in [0.2, 0.25) is 0 Å². The van der Waals surface area contributed by atoms with Gasteiger partial charge in [0.2, 0.25) is 0 Å². The predicted molar refractivity (Wildman–Crippen MR) is 93.0 cm³/mol. The van der Waals surface area contributed by atoms with Crippen molar-refractivity contribution >= 4 is 20.3 Å². The largest absolute Gasteiger partial charge is 0.658 e. The van der Waals surface area contributed by atoms with Crippen molar-refractivity contribution in [2.24, 2.45) is 0 Å². The molecule has 129 valence electrons. The molecule has 25 heavy (non-hydrogen) atoms. The molecule has 0 atom stereocenters. The highest BCUT2D eigenvalue weighted by molar-refractivity contribution is 6.20. The van der Waals surface area contributed by atoms with E-state index in [-0.39, 0.29) is 0 Å². The van der Waals surface area contributed by atoms with Gasteiger partial charge in [0.1, 0.15) is 23.0 Å². The van der Waals surface area contributed by atoms with Crippen LogP contribution in [0.15, 0.2) is 36.4 Å². The summed E-state index contributed by atoms with van der Waals surface area (Å²) in [7, 11) is 1.12. The van der Waals surface area contributed by atoms with Gasteiger partial charge in [-0.25, -0.2) is 0 Å². The van der Waals surface area contributed by atoms with E-state index < -0.39 is 0 Å². The van der Waals surface area contributed by atoms with Crippen LogP contribution in [0.25, 0.3) is 0 Å². The van der Waals surface area contributed by atoms with Gasteiger partial charge in [0.05, 0.1) is 24.3 Å². The molecule has 0 N–H and O–H groups in total. The zero-order chi connectivity index (χ0) is 18.1. The first-order valence-corrected chi connectivity index (χ1v) is 7.80. The highest BCUT2D eigenvalue weighted by Gasteiger charge is 2.09. The zero-order valence-corrected chi connectivity index (χ0v) is 14.1. The van der Waals surface area contributed by atoms with Crippen LogP contribution in [0.4, 0.5) is 0 Å². The Morgan fingerprint density at radius 1 is 0.800 bits per heavy atom. The summed E-state index contributed by atoms with van der Waals surface area (Å²) < 4.78 is 21.4. The monoisotopic (exact) mass is 341 g/mol. The van der Waals surface area contributed by atoms with E-state index in [9.17, 15) is 9.59 Å². The first-order chi connectivity index (χ1) is 12.2. The number of carbonyl (C=O) groups is 2. The maximum atomic E-state index is 11.1. The fraction of sp³-hybridized carbons (Fsp3) is 0.222. The minimum atomic E-state index is 0.386. The molecule has 0 bridgehead atoms. The number of hydrogen-bond acceptors (Lipinski definition) is 6. The number of aldehydes is 2. The number of rotatable bonds is 10. The van der Waals surface area contributed by atoms with Crippen LogP contribution in [0.3, 0.4) is 0 Å². The average Bonchev–Trinajstić information content (AvgIpc) is 2.64. The minimum absolute atomic E-state index is 0.386. The van der Waals surface area contributed by atoms with Crippen LogP contribution >= 0.6 is 0 Å². The molecular formula is C18H18BO6. The number of carbonyl (C=O) groups excluding carboxylic acids is 2. The van der Waals surface area contributed by atoms with Gasteiger partial charge in [-0.2, -0.15) is 0 Å². The smallest absolute Gasteiger partial charge is 0.526 e. The number of benzene rings is 2. The van der Waals surface area contributed by atoms with Crippen molar-refractivity contribution in [2.75, 3.05) is 13.2 Å². The topological polar surface area (TPSA) is 71.1 Å². The minimum Gasteiger partial charge on any atom is -0.526 e. The van der Waals surface area contributed by atoms with Crippen LogP contribution in [-0.2, 0) is 0 Å². The van der Waals surface area contributed by atoms with Crippen molar-refractivity contribution in [3.63, 3.8) is 0 Å². The Bertz CT molecular complexity index is 670. The van der Waals surface area contributed by atoms with Gasteiger partial charge in [-0.1, -0.05) is 0 Å². The highest BCUT2D eigenvalue weighted by Crippen LogP contribution is 2.24. The summed E-state index contributed by atoms with van der Waals surface area (Å²) in [6.07, 6.45) is 1.39. The van der Waals surface area contributed by atoms with Gasteiger partial charge in [0.25, 0.3) is 0 Å². The molecule has 6 nitrogen and oxygen atoms in total. The van der Waals surface area contributed by atoms with E-state index in [1.165, 1.54) is 0 Å². The number of hydrogen-bond donors (Lipinski definition) is 0. The first kappa shape index (κ1) is 18.4. The van der Waals surface area contributed by atoms with Crippen LogP contribution in [0.1, 0.15) is 34.6 Å². The predicted octanol–water partition coefficient (Wildman–Crippen LogP) is 3.10. The fourth-order valence-corrected chi connectivity index (χ4v) is 2.09. The average molecular weight is 341 g/mol. The molecule has 0 saturated heterocycles. The Balaban J connectivity index is 1.98. The van der Waals surface area contributed by atoms with Crippen molar-refractivity contribution in [1.29, 1.82) is 0 Å². The first-order valence-electron chi connectivity index (χ1n) is 7.80. The van der Waals surface area contributed by atoms with Gasteiger partial charge >= 0.3 is 7.69 Å². The zero-order valence-electron chi connectivity index (χ0n) is 14.1. The van der Waals surface area contributed by atoms with Crippen LogP contribution in [0, 0.1) is 0 Å². The molecule has 0 unspecified atom stereocenters. The van der Waals surface area contributed by atoms with Crippen molar-refractivity contribution in [3.8, 4) is 23.0 Å². The molecule has 0 aromatic heterocycles. The highest BCUT2D eigenvalue weighted by atomic mass is 16.6. The van der Waals surface area contributed by atoms with Gasteiger partial charge in [-0.3, -0.25) is 9.59 Å². The lowest BCUT2D eigenvalue weighted by molar-refractivity contribution is 0.111. The van der Waals surface area contributed by atoms with Crippen molar-refractivity contribution in [2.45, 2.75) is 13.8 Å². The molecule has 0 aliphatic carbocycles. The quantitative estimate of drug-likeness (QED) is 0.488. The normalized spacial score (nSPS) is 9.84. The fourth-order valence-electron chi connectivity index (χ4n) is 2.09. The molecular weight excluding hydrogens is 323 g/mol. The Morgan fingerprint density at radius 2 is 1.24 bits per heavy atom. The summed E-state index contributed by atoms with van der Waals surface area (Å²) in [4.78, 5) is 22.2. The van der Waals surface area contributed by atoms with Crippen LogP contribution in [0.5, 0.6) is 23.0 Å². The maximum Gasteiger partial charge on any atom is 0.658 e. The van der Waals surface area contributed by atoms with Crippen LogP contribution < -0.4 is 18.8 Å². The molecule has 0 aliphatic heterocycles. The van der Waals surface area contributed by atoms with E-state index in [1.54, 1.807) is 36.4 Å². The molecule has 0 spiro atoms. The summed E-state index contributed by atoms with van der Waals surface area (Å²) in [6.45, 7) is 4.61. The third-order valence-electron chi connectivity index (χ3n) is 3.18. The SMILES string of the molecule is CCOc1ccc(O[B]Oc2ccc(OCC)c(C=O)c2)cc1C=O.